The highest BCUT2D eigenvalue weighted by atomic mass is 32.1. The summed E-state index contributed by atoms with van der Waals surface area (Å²) in [7, 11) is 0. The van der Waals surface area contributed by atoms with E-state index in [-0.39, 0.29) is 0 Å². The van der Waals surface area contributed by atoms with Crippen molar-refractivity contribution in [3.05, 3.63) is 17.3 Å². The van der Waals surface area contributed by atoms with Crippen molar-refractivity contribution in [2.24, 2.45) is 5.73 Å². The van der Waals surface area contributed by atoms with E-state index >= 15 is 0 Å². The first-order chi connectivity index (χ1) is 8.26. The molecule has 0 radical (unpaired) electrons. The summed E-state index contributed by atoms with van der Waals surface area (Å²) in [5, 5.41) is 1.15. The van der Waals surface area contributed by atoms with Crippen LogP contribution in [0, 0.1) is 6.92 Å². The number of hydrogen-bond acceptors (Lipinski definition) is 5. The average molecular weight is 250 g/mol. The van der Waals surface area contributed by atoms with E-state index in [0.717, 1.165) is 35.5 Å². The highest BCUT2D eigenvalue weighted by Gasteiger charge is 2.12. The Labute approximate surface area is 105 Å². The van der Waals surface area contributed by atoms with E-state index < -0.39 is 0 Å². The van der Waals surface area contributed by atoms with Gasteiger partial charge >= 0.3 is 0 Å². The molecule has 0 saturated heterocycles. The third kappa shape index (κ3) is 2.56. The fraction of sp³-hybridized carbons (Fsp3) is 0.500. The van der Waals surface area contributed by atoms with Crippen LogP contribution in [0.5, 0.6) is 0 Å². The highest BCUT2D eigenvalue weighted by molar-refractivity contribution is 7.18. The molecule has 2 N–H and O–H groups in total. The summed E-state index contributed by atoms with van der Waals surface area (Å²) in [6.07, 6.45) is 2.74. The number of aryl methyl sites for hydroxylation is 1. The first-order valence-electron chi connectivity index (χ1n) is 5.92. The van der Waals surface area contributed by atoms with E-state index in [2.05, 4.69) is 34.8 Å². The zero-order valence-corrected chi connectivity index (χ0v) is 11.1. The monoisotopic (exact) mass is 250 g/mol. The van der Waals surface area contributed by atoms with Crippen molar-refractivity contribution >= 4 is 27.4 Å². The highest BCUT2D eigenvalue weighted by Crippen LogP contribution is 2.29. The van der Waals surface area contributed by atoms with Crippen LogP contribution in [0.4, 0.5) is 5.82 Å². The number of thiophene rings is 1. The van der Waals surface area contributed by atoms with Gasteiger partial charge < -0.3 is 10.6 Å². The Kier molecular flexibility index (Phi) is 3.91. The first kappa shape index (κ1) is 12.3. The van der Waals surface area contributed by atoms with E-state index in [1.165, 1.54) is 4.88 Å². The van der Waals surface area contributed by atoms with Crippen LogP contribution in [-0.2, 0) is 0 Å². The van der Waals surface area contributed by atoms with Gasteiger partial charge in [-0.25, -0.2) is 9.97 Å². The van der Waals surface area contributed by atoms with Crippen molar-refractivity contribution in [2.45, 2.75) is 20.3 Å². The maximum Gasteiger partial charge on any atom is 0.140 e. The van der Waals surface area contributed by atoms with Crippen molar-refractivity contribution in [2.75, 3.05) is 24.5 Å². The maximum absolute atomic E-state index is 5.66. The second-order valence-corrected chi connectivity index (χ2v) is 5.28. The van der Waals surface area contributed by atoms with Gasteiger partial charge in [0, 0.05) is 24.5 Å². The lowest BCUT2D eigenvalue weighted by Gasteiger charge is -2.22. The molecule has 0 unspecified atom stereocenters. The average Bonchev–Trinajstić information content (AvgIpc) is 2.68. The van der Waals surface area contributed by atoms with Gasteiger partial charge in [0.2, 0.25) is 0 Å². The zero-order valence-electron chi connectivity index (χ0n) is 10.3. The molecule has 0 aliphatic carbocycles. The van der Waals surface area contributed by atoms with Crippen LogP contribution in [0.2, 0.25) is 0 Å². The quantitative estimate of drug-likeness (QED) is 0.883. The second kappa shape index (κ2) is 5.42. The minimum atomic E-state index is 0.647. The third-order valence-corrected chi connectivity index (χ3v) is 3.58. The molecule has 17 heavy (non-hydrogen) atoms. The lowest BCUT2D eigenvalue weighted by atomic mass is 10.3. The summed E-state index contributed by atoms with van der Waals surface area (Å²) in [6.45, 7) is 6.74. The lowest BCUT2D eigenvalue weighted by Crippen LogP contribution is -2.30. The first-order valence-corrected chi connectivity index (χ1v) is 6.74. The van der Waals surface area contributed by atoms with Gasteiger partial charge in [-0.05, 0) is 19.4 Å². The van der Waals surface area contributed by atoms with Crippen molar-refractivity contribution < 1.29 is 0 Å². The predicted molar refractivity (Wildman–Crippen MR) is 73.7 cm³/mol. The Balaban J connectivity index is 2.44. The molecule has 0 amide bonds. The molecular weight excluding hydrogens is 232 g/mol. The topological polar surface area (TPSA) is 55.0 Å². The molecule has 0 aromatic carbocycles. The molecule has 5 heteroatoms. The van der Waals surface area contributed by atoms with Gasteiger partial charge in [-0.15, -0.1) is 11.3 Å². The van der Waals surface area contributed by atoms with Crippen molar-refractivity contribution in [1.29, 1.82) is 0 Å². The third-order valence-electron chi connectivity index (χ3n) is 2.62. The molecule has 0 aliphatic heterocycles. The lowest BCUT2D eigenvalue weighted by molar-refractivity contribution is 0.753. The van der Waals surface area contributed by atoms with E-state index in [1.807, 2.05) is 0 Å². The Bertz CT molecular complexity index is 488. The summed E-state index contributed by atoms with van der Waals surface area (Å²) in [4.78, 5) is 13.3. The van der Waals surface area contributed by atoms with Gasteiger partial charge in [-0.2, -0.15) is 0 Å². The van der Waals surface area contributed by atoms with Gasteiger partial charge in [-0.3, -0.25) is 0 Å². The number of nitrogens with zero attached hydrogens (tertiary/aromatic N) is 3. The van der Waals surface area contributed by atoms with Crippen LogP contribution in [0.3, 0.4) is 0 Å². The number of anilines is 1. The summed E-state index contributed by atoms with van der Waals surface area (Å²) in [5.41, 5.74) is 5.66. The number of aromatic nitrogens is 2. The molecular formula is C12H18N4S. The molecule has 2 heterocycles. The van der Waals surface area contributed by atoms with Gasteiger partial charge in [0.15, 0.2) is 0 Å². The SMILES string of the molecule is CCCN(CCN)c1ncnc2sc(C)cc12. The van der Waals surface area contributed by atoms with E-state index in [1.54, 1.807) is 17.7 Å². The van der Waals surface area contributed by atoms with Crippen molar-refractivity contribution in [1.82, 2.24) is 9.97 Å². The molecule has 2 aromatic heterocycles. The van der Waals surface area contributed by atoms with E-state index in [4.69, 9.17) is 5.73 Å². The number of rotatable bonds is 5. The van der Waals surface area contributed by atoms with Crippen molar-refractivity contribution in [3.8, 4) is 0 Å². The van der Waals surface area contributed by atoms with Crippen LogP contribution in [0.1, 0.15) is 18.2 Å². The number of nitrogens with two attached hydrogens (primary N) is 1. The minimum absolute atomic E-state index is 0.647. The molecule has 2 aromatic rings. The van der Waals surface area contributed by atoms with Crippen LogP contribution >= 0.6 is 11.3 Å². The summed E-state index contributed by atoms with van der Waals surface area (Å²) in [5.74, 6) is 1.02. The molecule has 2 rings (SSSR count). The molecule has 0 spiro atoms. The molecule has 92 valence electrons. The Hall–Kier alpha value is -1.20. The number of hydrogen-bond donors (Lipinski definition) is 1. The van der Waals surface area contributed by atoms with Gasteiger partial charge in [0.25, 0.3) is 0 Å². The Morgan fingerprint density at radius 3 is 2.88 bits per heavy atom. The zero-order chi connectivity index (χ0) is 12.3. The largest absolute Gasteiger partial charge is 0.355 e. The maximum atomic E-state index is 5.66. The second-order valence-electron chi connectivity index (χ2n) is 4.05. The standard InChI is InChI=1S/C12H18N4S/c1-3-5-16(6-4-13)11-10-7-9(2)17-12(10)15-8-14-11/h7-8H,3-6,13H2,1-2H3. The Morgan fingerprint density at radius 1 is 1.35 bits per heavy atom. The fourth-order valence-electron chi connectivity index (χ4n) is 1.96. The van der Waals surface area contributed by atoms with Gasteiger partial charge in [-0.1, -0.05) is 6.92 Å². The molecule has 0 saturated carbocycles. The van der Waals surface area contributed by atoms with Crippen LogP contribution in [0.15, 0.2) is 12.4 Å². The normalized spacial score (nSPS) is 11.0. The van der Waals surface area contributed by atoms with E-state index in [0.29, 0.717) is 6.54 Å². The minimum Gasteiger partial charge on any atom is -0.355 e. The van der Waals surface area contributed by atoms with Crippen LogP contribution in [-0.4, -0.2) is 29.6 Å². The molecule has 0 atom stereocenters. The van der Waals surface area contributed by atoms with E-state index in [9.17, 15) is 0 Å². The summed E-state index contributed by atoms with van der Waals surface area (Å²) in [6, 6.07) is 2.16. The van der Waals surface area contributed by atoms with Crippen LogP contribution in [0.25, 0.3) is 10.2 Å². The molecule has 0 fully saturated rings. The van der Waals surface area contributed by atoms with Crippen LogP contribution < -0.4 is 10.6 Å². The number of fused-ring (bicyclic) bond motifs is 1. The van der Waals surface area contributed by atoms with Gasteiger partial charge in [0.05, 0.1) is 5.39 Å². The summed E-state index contributed by atoms with van der Waals surface area (Å²) < 4.78 is 0. The fourth-order valence-corrected chi connectivity index (χ4v) is 2.81. The smallest absolute Gasteiger partial charge is 0.140 e. The van der Waals surface area contributed by atoms with Crippen molar-refractivity contribution in [3.63, 3.8) is 0 Å². The summed E-state index contributed by atoms with van der Waals surface area (Å²) >= 11 is 1.71. The van der Waals surface area contributed by atoms with Gasteiger partial charge in [0.1, 0.15) is 17.0 Å². The molecule has 0 aliphatic rings. The Morgan fingerprint density at radius 2 is 2.18 bits per heavy atom. The molecule has 0 bridgehead atoms. The predicted octanol–water partition coefficient (Wildman–Crippen LogP) is 2.17. The molecule has 4 nitrogen and oxygen atoms in total.